The Balaban J connectivity index is 0.00000121. The van der Waals surface area contributed by atoms with E-state index in [1.54, 1.807) is 0 Å². The molecule has 0 fully saturated rings. The van der Waals surface area contributed by atoms with Crippen LogP contribution in [0.15, 0.2) is 23.2 Å². The Morgan fingerprint density at radius 2 is 2.08 bits per heavy atom. The summed E-state index contributed by atoms with van der Waals surface area (Å²) in [5.41, 5.74) is 0. The van der Waals surface area contributed by atoms with Crippen LogP contribution in [0.3, 0.4) is 0 Å². The Hall–Kier alpha value is 0.986. The third-order valence-electron chi connectivity index (χ3n) is 1.00. The van der Waals surface area contributed by atoms with Crippen LogP contribution in [0.25, 0.3) is 0 Å². The Morgan fingerprint density at radius 3 is 2.42 bits per heavy atom. The van der Waals surface area contributed by atoms with Crippen molar-refractivity contribution < 1.29 is 13.0 Å². The first-order valence-electron chi connectivity index (χ1n) is 2.60. The molecule has 0 atom stereocenters. The maximum atomic E-state index is 10.5. The molecule has 1 aromatic heterocycles. The van der Waals surface area contributed by atoms with Gasteiger partial charge in [-0.3, -0.25) is 4.55 Å². The molecule has 0 bridgehead atoms. The summed E-state index contributed by atoms with van der Waals surface area (Å²) in [5, 5.41) is -0.227. The zero-order valence-electron chi connectivity index (χ0n) is 5.23. The summed E-state index contributed by atoms with van der Waals surface area (Å²) < 4.78 is 29.5. The molecule has 0 aliphatic carbocycles. The molecule has 0 aromatic carbocycles. The normalized spacial score (nSPS) is 10.5. The van der Waals surface area contributed by atoms with Crippen LogP contribution < -0.4 is 0 Å². The molecule has 7 heteroatoms. The van der Waals surface area contributed by atoms with Gasteiger partial charge in [0.15, 0.2) is 0 Å². The van der Waals surface area contributed by atoms with E-state index >= 15 is 0 Å². The van der Waals surface area contributed by atoms with Crippen LogP contribution in [0.5, 0.6) is 0 Å². The van der Waals surface area contributed by atoms with E-state index in [9.17, 15) is 8.42 Å². The van der Waals surface area contributed by atoms with Crippen LogP contribution in [0.2, 0.25) is 5.15 Å². The monoisotopic (exact) mass is 233 g/mol. The van der Waals surface area contributed by atoms with Crippen molar-refractivity contribution in [3.8, 4) is 0 Å². The number of nitrogens with zero attached hydrogens (tertiary/aromatic N) is 1. The second kappa shape index (κ2) is 5.01. The van der Waals surface area contributed by atoms with Crippen molar-refractivity contribution in [2.24, 2.45) is 0 Å². The van der Waals surface area contributed by atoms with Crippen LogP contribution in [0.4, 0.5) is 0 Å². The van der Waals surface area contributed by atoms with E-state index in [-0.39, 0.29) is 61.4 Å². The number of aromatic nitrogens is 1. The SMILES string of the molecule is O=S(=O)(O)c1cccnc1Cl.[KH]. The van der Waals surface area contributed by atoms with Crippen LogP contribution in [-0.4, -0.2) is 69.3 Å². The Labute approximate surface area is 118 Å². The quantitative estimate of drug-likeness (QED) is 0.431. The summed E-state index contributed by atoms with van der Waals surface area (Å²) in [7, 11) is -4.23. The fraction of sp³-hybridized carbons (Fsp3) is 0. The van der Waals surface area contributed by atoms with Crippen molar-refractivity contribution >= 4 is 73.1 Å². The minimum atomic E-state index is -4.23. The van der Waals surface area contributed by atoms with Crippen LogP contribution in [0.1, 0.15) is 0 Å². The summed E-state index contributed by atoms with van der Waals surface area (Å²) in [6, 6.07) is 2.54. The van der Waals surface area contributed by atoms with Gasteiger partial charge >= 0.3 is 51.4 Å². The van der Waals surface area contributed by atoms with E-state index in [0.717, 1.165) is 0 Å². The molecule has 0 saturated heterocycles. The molecule has 1 rings (SSSR count). The number of hydrogen-bond acceptors (Lipinski definition) is 3. The average Bonchev–Trinajstić information content (AvgIpc) is 1.86. The third kappa shape index (κ3) is 3.39. The molecule has 12 heavy (non-hydrogen) atoms. The van der Waals surface area contributed by atoms with Crippen molar-refractivity contribution in [2.45, 2.75) is 4.90 Å². The van der Waals surface area contributed by atoms with Gasteiger partial charge in [0.25, 0.3) is 10.1 Å². The van der Waals surface area contributed by atoms with Crippen LogP contribution in [0, 0.1) is 0 Å². The van der Waals surface area contributed by atoms with Gasteiger partial charge in [0, 0.05) is 6.20 Å². The molecule has 1 aromatic rings. The van der Waals surface area contributed by atoms with Gasteiger partial charge in [0.2, 0.25) is 0 Å². The van der Waals surface area contributed by atoms with Gasteiger partial charge in [-0.1, -0.05) is 11.6 Å². The van der Waals surface area contributed by atoms with Crippen molar-refractivity contribution in [2.75, 3.05) is 0 Å². The van der Waals surface area contributed by atoms with E-state index in [4.69, 9.17) is 16.2 Å². The molecule has 62 valence electrons. The molecular weight excluding hydrogens is 229 g/mol. The Bertz CT molecular complexity index is 367. The van der Waals surface area contributed by atoms with E-state index in [2.05, 4.69) is 4.98 Å². The zero-order chi connectivity index (χ0) is 8.48. The van der Waals surface area contributed by atoms with Crippen molar-refractivity contribution in [3.63, 3.8) is 0 Å². The first-order valence-corrected chi connectivity index (χ1v) is 4.41. The molecule has 0 saturated carbocycles. The van der Waals surface area contributed by atoms with E-state index in [1.165, 1.54) is 18.3 Å². The second-order valence-corrected chi connectivity index (χ2v) is 3.52. The third-order valence-corrected chi connectivity index (χ3v) is 2.30. The fourth-order valence-electron chi connectivity index (χ4n) is 0.564. The van der Waals surface area contributed by atoms with Gasteiger partial charge in [-0.15, -0.1) is 0 Å². The van der Waals surface area contributed by atoms with Gasteiger partial charge in [-0.2, -0.15) is 8.42 Å². The van der Waals surface area contributed by atoms with E-state index < -0.39 is 10.1 Å². The summed E-state index contributed by atoms with van der Waals surface area (Å²) >= 11 is 5.36. The van der Waals surface area contributed by atoms with Gasteiger partial charge in [0.1, 0.15) is 10.0 Å². The topological polar surface area (TPSA) is 67.3 Å². The number of pyridine rings is 1. The molecule has 0 radical (unpaired) electrons. The fourth-order valence-corrected chi connectivity index (χ4v) is 1.49. The van der Waals surface area contributed by atoms with E-state index in [0.29, 0.717) is 0 Å². The standard InChI is InChI=1S/C5H4ClNO3S.K.H/c6-5-4(11(8,9)10)2-1-3-7-5;;/h1-3H,(H,8,9,10);;. The molecule has 1 N–H and O–H groups in total. The summed E-state index contributed by atoms with van der Waals surface area (Å²) in [4.78, 5) is 3.10. The number of halogens is 1. The number of hydrogen-bond donors (Lipinski definition) is 1. The zero-order valence-corrected chi connectivity index (χ0v) is 6.80. The van der Waals surface area contributed by atoms with Crippen molar-refractivity contribution in [1.29, 1.82) is 0 Å². The van der Waals surface area contributed by atoms with E-state index in [1.807, 2.05) is 0 Å². The molecule has 0 spiro atoms. The van der Waals surface area contributed by atoms with Crippen LogP contribution in [-0.2, 0) is 10.1 Å². The molecule has 0 aliphatic heterocycles. The molecular formula is C5H5ClKNO3S. The predicted molar refractivity (Wildman–Crippen MR) is 46.2 cm³/mol. The Morgan fingerprint density at radius 1 is 1.50 bits per heavy atom. The first kappa shape index (κ1) is 13.0. The summed E-state index contributed by atoms with van der Waals surface area (Å²) in [6.45, 7) is 0. The molecule has 0 aliphatic rings. The van der Waals surface area contributed by atoms with Gasteiger partial charge in [-0.25, -0.2) is 4.98 Å². The van der Waals surface area contributed by atoms with Gasteiger partial charge in [0.05, 0.1) is 0 Å². The second-order valence-electron chi connectivity index (χ2n) is 1.77. The predicted octanol–water partition coefficient (Wildman–Crippen LogP) is 0.333. The van der Waals surface area contributed by atoms with Crippen molar-refractivity contribution in [1.82, 2.24) is 4.98 Å². The summed E-state index contributed by atoms with van der Waals surface area (Å²) in [5.74, 6) is 0. The molecule has 4 nitrogen and oxygen atoms in total. The van der Waals surface area contributed by atoms with Gasteiger partial charge in [-0.05, 0) is 12.1 Å². The minimum absolute atomic E-state index is 0. The summed E-state index contributed by atoms with van der Waals surface area (Å²) in [6.07, 6.45) is 1.33. The first-order chi connectivity index (χ1) is 5.02. The molecule has 0 amide bonds. The molecule has 0 unspecified atom stereocenters. The molecule has 1 heterocycles. The van der Waals surface area contributed by atoms with Crippen LogP contribution >= 0.6 is 11.6 Å². The van der Waals surface area contributed by atoms with Crippen molar-refractivity contribution in [3.05, 3.63) is 23.5 Å². The van der Waals surface area contributed by atoms with Gasteiger partial charge < -0.3 is 0 Å². The number of rotatable bonds is 1. The Kier molecular flexibility index (Phi) is 5.43. The average molecular weight is 234 g/mol. The maximum absolute atomic E-state index is 10.5.